The second-order valence-corrected chi connectivity index (χ2v) is 5.05. The van der Waals surface area contributed by atoms with Gasteiger partial charge in [0.05, 0.1) is 0 Å². The Morgan fingerprint density at radius 1 is 1.50 bits per heavy atom. The summed E-state index contributed by atoms with van der Waals surface area (Å²) >= 11 is 7.69. The molecule has 0 radical (unpaired) electrons. The summed E-state index contributed by atoms with van der Waals surface area (Å²) in [4.78, 5) is 0. The summed E-state index contributed by atoms with van der Waals surface area (Å²) < 4.78 is 0. The van der Waals surface area contributed by atoms with Gasteiger partial charge < -0.3 is 5.32 Å². The highest BCUT2D eigenvalue weighted by Crippen LogP contribution is 2.26. The molecule has 2 rings (SSSR count). The predicted molar refractivity (Wildman–Crippen MR) is 63.0 cm³/mol. The van der Waals surface area contributed by atoms with Crippen molar-refractivity contribution < 1.29 is 0 Å². The van der Waals surface area contributed by atoms with Crippen LogP contribution in [0.1, 0.15) is 24.8 Å². The molecule has 0 spiro atoms. The molecule has 1 saturated carbocycles. The predicted octanol–water partition coefficient (Wildman–Crippen LogP) is 3.25. The molecule has 1 N–H and O–H groups in total. The lowest BCUT2D eigenvalue weighted by molar-refractivity contribution is 0.430. The van der Waals surface area contributed by atoms with Crippen LogP contribution >= 0.6 is 22.9 Å². The minimum absolute atomic E-state index is 0.646. The van der Waals surface area contributed by atoms with Crippen molar-refractivity contribution in [1.82, 2.24) is 5.32 Å². The second-order valence-electron chi connectivity index (χ2n) is 3.96. The molecule has 0 amide bonds. The first-order chi connectivity index (χ1) is 6.90. The van der Waals surface area contributed by atoms with Crippen molar-refractivity contribution >= 4 is 22.9 Å². The van der Waals surface area contributed by atoms with Gasteiger partial charge in [-0.3, -0.25) is 0 Å². The third kappa shape index (κ3) is 2.50. The fourth-order valence-electron chi connectivity index (χ4n) is 2.13. The fraction of sp³-hybridized carbons (Fsp3) is 0.636. The summed E-state index contributed by atoms with van der Waals surface area (Å²) in [6, 6.07) is 2.83. The highest BCUT2D eigenvalue weighted by molar-refractivity contribution is 7.07. The number of thiophene rings is 1. The van der Waals surface area contributed by atoms with Gasteiger partial charge in [-0.15, -0.1) is 11.6 Å². The summed E-state index contributed by atoms with van der Waals surface area (Å²) in [5.74, 6) is 1.50. The van der Waals surface area contributed by atoms with E-state index in [9.17, 15) is 0 Å². The van der Waals surface area contributed by atoms with Crippen molar-refractivity contribution in [3.8, 4) is 0 Å². The summed E-state index contributed by atoms with van der Waals surface area (Å²) in [5, 5.41) is 7.94. The van der Waals surface area contributed by atoms with Gasteiger partial charge in [0.1, 0.15) is 0 Å². The van der Waals surface area contributed by atoms with Crippen molar-refractivity contribution in [3.05, 3.63) is 22.4 Å². The van der Waals surface area contributed by atoms with Gasteiger partial charge >= 0.3 is 0 Å². The fourth-order valence-corrected chi connectivity index (χ4v) is 3.17. The van der Waals surface area contributed by atoms with Crippen LogP contribution in [-0.2, 0) is 6.54 Å². The maximum atomic E-state index is 5.93. The van der Waals surface area contributed by atoms with Crippen LogP contribution in [-0.4, -0.2) is 11.9 Å². The SMILES string of the molecule is ClCC1CCCC1NCc1ccsc1. The lowest BCUT2D eigenvalue weighted by atomic mass is 10.1. The molecule has 0 bridgehead atoms. The Hall–Kier alpha value is -0.0500. The van der Waals surface area contributed by atoms with Crippen molar-refractivity contribution in [2.45, 2.75) is 31.8 Å². The monoisotopic (exact) mass is 229 g/mol. The van der Waals surface area contributed by atoms with Crippen LogP contribution in [0.25, 0.3) is 0 Å². The number of rotatable bonds is 4. The van der Waals surface area contributed by atoms with E-state index in [1.165, 1.54) is 24.8 Å². The van der Waals surface area contributed by atoms with Crippen LogP contribution in [0.5, 0.6) is 0 Å². The number of hydrogen-bond acceptors (Lipinski definition) is 2. The van der Waals surface area contributed by atoms with Crippen LogP contribution in [0.4, 0.5) is 0 Å². The van der Waals surface area contributed by atoms with E-state index in [-0.39, 0.29) is 0 Å². The van der Waals surface area contributed by atoms with Gasteiger partial charge in [0.25, 0.3) is 0 Å². The molecule has 2 atom stereocenters. The molecule has 1 aromatic heterocycles. The van der Waals surface area contributed by atoms with Gasteiger partial charge in [0.2, 0.25) is 0 Å². The van der Waals surface area contributed by atoms with Gasteiger partial charge in [-0.05, 0) is 41.1 Å². The molecule has 78 valence electrons. The summed E-state index contributed by atoms with van der Waals surface area (Å²) in [5.41, 5.74) is 1.40. The quantitative estimate of drug-likeness (QED) is 0.782. The van der Waals surface area contributed by atoms with E-state index in [0.29, 0.717) is 12.0 Å². The second kappa shape index (κ2) is 5.15. The molecule has 0 aromatic carbocycles. The molecule has 0 aliphatic heterocycles. The van der Waals surface area contributed by atoms with E-state index in [1.54, 1.807) is 11.3 Å². The molecule has 1 aromatic rings. The van der Waals surface area contributed by atoms with Crippen LogP contribution in [0.3, 0.4) is 0 Å². The Morgan fingerprint density at radius 2 is 2.43 bits per heavy atom. The van der Waals surface area contributed by atoms with Gasteiger partial charge in [-0.25, -0.2) is 0 Å². The Kier molecular flexibility index (Phi) is 3.85. The number of halogens is 1. The largest absolute Gasteiger partial charge is 0.310 e. The molecular formula is C11H16ClNS. The molecule has 0 saturated heterocycles. The standard InChI is InChI=1S/C11H16ClNS/c12-6-10-2-1-3-11(10)13-7-9-4-5-14-8-9/h4-5,8,10-11,13H,1-3,6-7H2. The normalized spacial score (nSPS) is 26.9. The third-order valence-electron chi connectivity index (χ3n) is 3.01. The van der Waals surface area contributed by atoms with E-state index < -0.39 is 0 Å². The van der Waals surface area contributed by atoms with Crippen LogP contribution < -0.4 is 5.32 Å². The summed E-state index contributed by atoms with van der Waals surface area (Å²) in [6.07, 6.45) is 3.92. The first-order valence-corrected chi connectivity index (χ1v) is 6.68. The molecule has 1 nitrogen and oxygen atoms in total. The van der Waals surface area contributed by atoms with E-state index in [0.717, 1.165) is 12.4 Å². The smallest absolute Gasteiger partial charge is 0.0266 e. The maximum Gasteiger partial charge on any atom is 0.0266 e. The van der Waals surface area contributed by atoms with E-state index in [4.69, 9.17) is 11.6 Å². The molecule has 14 heavy (non-hydrogen) atoms. The number of alkyl halides is 1. The van der Waals surface area contributed by atoms with Crippen molar-refractivity contribution in [1.29, 1.82) is 0 Å². The number of nitrogens with one attached hydrogen (secondary N) is 1. The van der Waals surface area contributed by atoms with Gasteiger partial charge in [0, 0.05) is 18.5 Å². The molecular weight excluding hydrogens is 214 g/mol. The minimum Gasteiger partial charge on any atom is -0.310 e. The zero-order valence-corrected chi connectivity index (χ0v) is 9.78. The molecule has 1 heterocycles. The van der Waals surface area contributed by atoms with Crippen LogP contribution in [0, 0.1) is 5.92 Å². The van der Waals surface area contributed by atoms with Gasteiger partial charge in [-0.2, -0.15) is 11.3 Å². The summed E-state index contributed by atoms with van der Waals surface area (Å²) in [6.45, 7) is 1.00. The highest BCUT2D eigenvalue weighted by atomic mass is 35.5. The Balaban J connectivity index is 1.80. The minimum atomic E-state index is 0.646. The van der Waals surface area contributed by atoms with Crippen LogP contribution in [0.2, 0.25) is 0 Å². The average molecular weight is 230 g/mol. The first kappa shape index (κ1) is 10.5. The van der Waals surface area contributed by atoms with E-state index >= 15 is 0 Å². The molecule has 2 unspecified atom stereocenters. The van der Waals surface area contributed by atoms with Crippen molar-refractivity contribution in [2.24, 2.45) is 5.92 Å². The highest BCUT2D eigenvalue weighted by Gasteiger charge is 2.25. The Labute approximate surface area is 94.5 Å². The number of hydrogen-bond donors (Lipinski definition) is 1. The Morgan fingerprint density at radius 3 is 3.14 bits per heavy atom. The van der Waals surface area contributed by atoms with Crippen molar-refractivity contribution in [3.63, 3.8) is 0 Å². The molecule has 1 fully saturated rings. The first-order valence-electron chi connectivity index (χ1n) is 5.20. The van der Waals surface area contributed by atoms with E-state index in [2.05, 4.69) is 22.1 Å². The zero-order chi connectivity index (χ0) is 9.80. The molecule has 1 aliphatic rings. The lowest BCUT2D eigenvalue weighted by Crippen LogP contribution is -2.32. The zero-order valence-electron chi connectivity index (χ0n) is 8.21. The van der Waals surface area contributed by atoms with Crippen LogP contribution in [0.15, 0.2) is 16.8 Å². The van der Waals surface area contributed by atoms with E-state index in [1.807, 2.05) is 0 Å². The Bertz CT molecular complexity index is 260. The average Bonchev–Trinajstić information content (AvgIpc) is 2.85. The topological polar surface area (TPSA) is 12.0 Å². The molecule has 3 heteroatoms. The summed E-state index contributed by atoms with van der Waals surface area (Å²) in [7, 11) is 0. The third-order valence-corrected chi connectivity index (χ3v) is 4.13. The van der Waals surface area contributed by atoms with Gasteiger partial charge in [0.15, 0.2) is 0 Å². The van der Waals surface area contributed by atoms with Gasteiger partial charge in [-0.1, -0.05) is 6.42 Å². The lowest BCUT2D eigenvalue weighted by Gasteiger charge is -2.18. The molecule has 1 aliphatic carbocycles. The maximum absolute atomic E-state index is 5.93. The van der Waals surface area contributed by atoms with Crippen molar-refractivity contribution in [2.75, 3.05) is 5.88 Å².